The average molecular weight is 430 g/mol. The molecule has 0 saturated carbocycles. The molecule has 9 heteroatoms. The molecule has 1 N–H and O–H groups in total. The third kappa shape index (κ3) is 3.85. The molecular weight excluding hydrogens is 408 g/mol. The van der Waals surface area contributed by atoms with Gasteiger partial charge in [-0.25, -0.2) is 4.79 Å². The van der Waals surface area contributed by atoms with Crippen molar-refractivity contribution in [3.05, 3.63) is 40.3 Å². The molecule has 0 bridgehead atoms. The van der Waals surface area contributed by atoms with Gasteiger partial charge in [-0.05, 0) is 31.0 Å². The zero-order valence-electron chi connectivity index (χ0n) is 16.7. The van der Waals surface area contributed by atoms with Crippen molar-refractivity contribution >= 4 is 34.1 Å². The van der Waals surface area contributed by atoms with E-state index in [1.165, 1.54) is 18.3 Å². The number of hydrogen-bond acceptors (Lipinski definition) is 7. The molecule has 2 aromatic rings. The standard InChI is InChI=1S/C21H22N2O6S/c1-3-27-21(26)18-13-8-9-23(12(2)24)10-17(13)30-20(18)22-19(25)16-11-28-14-6-4-5-7-15(14)29-16/h4-7,16H,3,8-11H2,1-2H3,(H,22,25). The number of ether oxygens (including phenoxy) is 3. The third-order valence-corrected chi connectivity index (χ3v) is 6.15. The first-order valence-corrected chi connectivity index (χ1v) is 10.6. The number of fused-ring (bicyclic) bond motifs is 2. The molecule has 0 spiro atoms. The van der Waals surface area contributed by atoms with Crippen molar-refractivity contribution in [2.24, 2.45) is 0 Å². The van der Waals surface area contributed by atoms with Gasteiger partial charge in [0.1, 0.15) is 11.6 Å². The minimum atomic E-state index is -0.845. The predicted molar refractivity (Wildman–Crippen MR) is 110 cm³/mol. The zero-order chi connectivity index (χ0) is 21.3. The summed E-state index contributed by atoms with van der Waals surface area (Å²) in [4.78, 5) is 39.9. The van der Waals surface area contributed by atoms with Crippen molar-refractivity contribution in [3.63, 3.8) is 0 Å². The first-order valence-electron chi connectivity index (χ1n) is 9.74. The van der Waals surface area contributed by atoms with E-state index in [-0.39, 0.29) is 19.1 Å². The topological polar surface area (TPSA) is 94.2 Å². The lowest BCUT2D eigenvalue weighted by Crippen LogP contribution is -2.40. The number of anilines is 1. The van der Waals surface area contributed by atoms with Crippen LogP contribution in [0.4, 0.5) is 5.00 Å². The monoisotopic (exact) mass is 430 g/mol. The summed E-state index contributed by atoms with van der Waals surface area (Å²) < 4.78 is 16.6. The van der Waals surface area contributed by atoms with Gasteiger partial charge >= 0.3 is 5.97 Å². The number of carbonyl (C=O) groups excluding carboxylic acids is 3. The molecule has 4 rings (SSSR count). The van der Waals surface area contributed by atoms with E-state index in [2.05, 4.69) is 5.32 Å². The highest BCUT2D eigenvalue weighted by Crippen LogP contribution is 2.38. The highest BCUT2D eigenvalue weighted by Gasteiger charge is 2.33. The summed E-state index contributed by atoms with van der Waals surface area (Å²) in [5, 5.41) is 3.24. The van der Waals surface area contributed by atoms with Crippen molar-refractivity contribution in [1.82, 2.24) is 4.90 Å². The molecule has 0 fully saturated rings. The van der Waals surface area contributed by atoms with E-state index in [0.29, 0.717) is 41.6 Å². The van der Waals surface area contributed by atoms with E-state index < -0.39 is 18.0 Å². The summed E-state index contributed by atoms with van der Waals surface area (Å²) in [6, 6.07) is 7.14. The Balaban J connectivity index is 1.58. The fourth-order valence-corrected chi connectivity index (χ4v) is 4.77. The van der Waals surface area contributed by atoms with Crippen LogP contribution in [0.15, 0.2) is 24.3 Å². The number of thiophene rings is 1. The maximum absolute atomic E-state index is 12.9. The van der Waals surface area contributed by atoms with E-state index in [1.54, 1.807) is 30.0 Å². The van der Waals surface area contributed by atoms with Gasteiger partial charge in [0.2, 0.25) is 12.0 Å². The van der Waals surface area contributed by atoms with Gasteiger partial charge in [0, 0.05) is 18.3 Å². The number of rotatable bonds is 4. The van der Waals surface area contributed by atoms with Gasteiger partial charge < -0.3 is 24.4 Å². The van der Waals surface area contributed by atoms with Crippen molar-refractivity contribution < 1.29 is 28.6 Å². The Labute approximate surface area is 177 Å². The Hall–Kier alpha value is -3.07. The molecule has 0 radical (unpaired) electrons. The molecule has 0 aliphatic carbocycles. The summed E-state index contributed by atoms with van der Waals surface area (Å²) in [6.45, 7) is 4.49. The molecule has 2 amide bonds. The number of benzene rings is 1. The summed E-state index contributed by atoms with van der Waals surface area (Å²) in [5.74, 6) is 0.176. The average Bonchev–Trinajstić information content (AvgIpc) is 3.10. The highest BCUT2D eigenvalue weighted by molar-refractivity contribution is 7.17. The highest BCUT2D eigenvalue weighted by atomic mass is 32.1. The van der Waals surface area contributed by atoms with Crippen molar-refractivity contribution in [2.45, 2.75) is 32.9 Å². The van der Waals surface area contributed by atoms with Crippen molar-refractivity contribution in [1.29, 1.82) is 0 Å². The van der Waals surface area contributed by atoms with E-state index in [9.17, 15) is 14.4 Å². The van der Waals surface area contributed by atoms with Crippen LogP contribution in [0.5, 0.6) is 11.5 Å². The maximum atomic E-state index is 12.9. The number of para-hydroxylation sites is 2. The Kier molecular flexibility index (Phi) is 5.63. The molecule has 1 aromatic heterocycles. The van der Waals surface area contributed by atoms with Gasteiger partial charge in [0.05, 0.1) is 18.7 Å². The van der Waals surface area contributed by atoms with Gasteiger partial charge in [-0.15, -0.1) is 11.3 Å². The fraction of sp³-hybridized carbons (Fsp3) is 0.381. The number of hydrogen-bond donors (Lipinski definition) is 1. The molecule has 1 atom stereocenters. The van der Waals surface area contributed by atoms with Gasteiger partial charge in [-0.3, -0.25) is 9.59 Å². The van der Waals surface area contributed by atoms with Crippen LogP contribution < -0.4 is 14.8 Å². The summed E-state index contributed by atoms with van der Waals surface area (Å²) >= 11 is 1.29. The Bertz CT molecular complexity index is 1000. The van der Waals surface area contributed by atoms with Crippen LogP contribution >= 0.6 is 11.3 Å². The van der Waals surface area contributed by atoms with E-state index in [1.807, 2.05) is 6.07 Å². The van der Waals surface area contributed by atoms with Crippen LogP contribution in [0.25, 0.3) is 0 Å². The van der Waals surface area contributed by atoms with Crippen molar-refractivity contribution in [3.8, 4) is 11.5 Å². The second kappa shape index (κ2) is 8.35. The summed E-state index contributed by atoms with van der Waals surface area (Å²) in [7, 11) is 0. The first-order chi connectivity index (χ1) is 14.5. The maximum Gasteiger partial charge on any atom is 0.341 e. The lowest BCUT2D eigenvalue weighted by atomic mass is 10.0. The van der Waals surface area contributed by atoms with Crippen LogP contribution in [-0.4, -0.2) is 48.5 Å². The molecule has 2 aliphatic rings. The quantitative estimate of drug-likeness (QED) is 0.750. The summed E-state index contributed by atoms with van der Waals surface area (Å²) in [5.41, 5.74) is 1.20. The summed E-state index contributed by atoms with van der Waals surface area (Å²) in [6.07, 6.45) is -0.311. The van der Waals surface area contributed by atoms with Crippen LogP contribution in [0.2, 0.25) is 0 Å². The molecule has 8 nitrogen and oxygen atoms in total. The SMILES string of the molecule is CCOC(=O)c1c(NC(=O)C2COc3ccccc3O2)sc2c1CCN(C(C)=O)C2. The molecule has 1 aromatic carbocycles. The van der Waals surface area contributed by atoms with Crippen molar-refractivity contribution in [2.75, 3.05) is 25.1 Å². The van der Waals surface area contributed by atoms with Gasteiger partial charge in [-0.2, -0.15) is 0 Å². The Morgan fingerprint density at radius 1 is 1.27 bits per heavy atom. The number of esters is 1. The largest absolute Gasteiger partial charge is 0.485 e. The molecule has 3 heterocycles. The zero-order valence-corrected chi connectivity index (χ0v) is 17.5. The molecule has 30 heavy (non-hydrogen) atoms. The number of carbonyl (C=O) groups is 3. The number of nitrogens with one attached hydrogen (secondary N) is 1. The van der Waals surface area contributed by atoms with E-state index >= 15 is 0 Å². The molecule has 1 unspecified atom stereocenters. The second-order valence-electron chi connectivity index (χ2n) is 6.97. The second-order valence-corrected chi connectivity index (χ2v) is 8.08. The smallest absolute Gasteiger partial charge is 0.341 e. The van der Waals surface area contributed by atoms with Gasteiger partial charge in [-0.1, -0.05) is 12.1 Å². The first kappa shape index (κ1) is 20.2. The Morgan fingerprint density at radius 3 is 2.77 bits per heavy atom. The molecule has 158 valence electrons. The molecule has 2 aliphatic heterocycles. The van der Waals surface area contributed by atoms with E-state index in [4.69, 9.17) is 14.2 Å². The van der Waals surface area contributed by atoms with Crippen LogP contribution in [-0.2, 0) is 27.3 Å². The predicted octanol–water partition coefficient (Wildman–Crippen LogP) is 2.61. The van der Waals surface area contributed by atoms with Crippen LogP contribution in [0.1, 0.15) is 34.6 Å². The fourth-order valence-electron chi connectivity index (χ4n) is 3.52. The van der Waals surface area contributed by atoms with Crippen LogP contribution in [0.3, 0.4) is 0 Å². The number of amides is 2. The third-order valence-electron chi connectivity index (χ3n) is 5.02. The minimum absolute atomic E-state index is 0.0243. The minimum Gasteiger partial charge on any atom is -0.485 e. The van der Waals surface area contributed by atoms with Gasteiger partial charge in [0.15, 0.2) is 11.5 Å². The molecular formula is C21H22N2O6S. The van der Waals surface area contributed by atoms with Gasteiger partial charge in [0.25, 0.3) is 5.91 Å². The van der Waals surface area contributed by atoms with E-state index in [0.717, 1.165) is 10.4 Å². The molecule has 0 saturated heterocycles. The van der Waals surface area contributed by atoms with Crippen LogP contribution in [0, 0.1) is 0 Å². The normalized spacial score (nSPS) is 17.1. The lowest BCUT2D eigenvalue weighted by Gasteiger charge is -2.26. The number of nitrogens with zero attached hydrogens (tertiary/aromatic N) is 1. The Morgan fingerprint density at radius 2 is 2.03 bits per heavy atom. The lowest BCUT2D eigenvalue weighted by molar-refractivity contribution is -0.129.